The third-order valence-corrected chi connectivity index (χ3v) is 8.56. The number of carbonyl (C=O) groups is 1. The lowest BCUT2D eigenvalue weighted by atomic mass is 9.98. The third kappa shape index (κ3) is 5.66. The summed E-state index contributed by atoms with van der Waals surface area (Å²) in [6, 6.07) is 13.1. The minimum absolute atomic E-state index is 0.0345. The van der Waals surface area contributed by atoms with Crippen LogP contribution >= 0.6 is 11.6 Å². The van der Waals surface area contributed by atoms with Crippen LogP contribution in [0.5, 0.6) is 0 Å². The molecule has 3 aromatic rings. The van der Waals surface area contributed by atoms with Gasteiger partial charge in [-0.1, -0.05) is 58.7 Å². The first-order chi connectivity index (χ1) is 16.6. The molecule has 2 heterocycles. The van der Waals surface area contributed by atoms with Crippen molar-refractivity contribution in [2.45, 2.75) is 38.5 Å². The van der Waals surface area contributed by atoms with Crippen LogP contribution in [0.2, 0.25) is 5.02 Å². The fraction of sp³-hybridized carbons (Fsp3) is 0.308. The van der Waals surface area contributed by atoms with Gasteiger partial charge in [-0.2, -0.15) is 4.31 Å². The molecule has 1 unspecified atom stereocenters. The number of anilines is 1. The van der Waals surface area contributed by atoms with E-state index in [0.29, 0.717) is 30.1 Å². The number of aromatic nitrogens is 1. The number of piperidine rings is 1. The summed E-state index contributed by atoms with van der Waals surface area (Å²) >= 11 is 6.17. The summed E-state index contributed by atoms with van der Waals surface area (Å²) in [5.74, 6) is -0.541. The van der Waals surface area contributed by atoms with E-state index in [0.717, 1.165) is 16.7 Å². The smallest absolute Gasteiger partial charge is 0.248 e. The van der Waals surface area contributed by atoms with Crippen molar-refractivity contribution < 1.29 is 17.7 Å². The number of nitrogens with one attached hydrogen (secondary N) is 1. The lowest BCUT2D eigenvalue weighted by Gasteiger charge is -2.31. The largest absolute Gasteiger partial charge is 0.355 e. The highest BCUT2D eigenvalue weighted by Gasteiger charge is 2.37. The maximum atomic E-state index is 13.6. The topological polar surface area (TPSA) is 92.5 Å². The van der Waals surface area contributed by atoms with E-state index in [1.165, 1.54) is 4.31 Å². The minimum Gasteiger partial charge on any atom is -0.355 e. The van der Waals surface area contributed by atoms with Gasteiger partial charge in [-0.15, -0.1) is 0 Å². The van der Waals surface area contributed by atoms with Crippen LogP contribution in [0.1, 0.15) is 41.0 Å². The van der Waals surface area contributed by atoms with E-state index in [9.17, 15) is 13.2 Å². The molecule has 35 heavy (non-hydrogen) atoms. The number of halogens is 1. The van der Waals surface area contributed by atoms with Gasteiger partial charge in [0.25, 0.3) is 0 Å². The number of hydrogen-bond donors (Lipinski definition) is 1. The Bertz CT molecular complexity index is 1360. The first kappa shape index (κ1) is 25.2. The number of carbonyl (C=O) groups excluding carboxylic acids is 1. The Hall–Kier alpha value is -2.94. The molecule has 1 aliphatic heterocycles. The van der Waals surface area contributed by atoms with Gasteiger partial charge in [-0.25, -0.2) is 8.42 Å². The number of hydrogen-bond acceptors (Lipinski definition) is 5. The van der Waals surface area contributed by atoms with Gasteiger partial charge in [0, 0.05) is 23.8 Å². The van der Waals surface area contributed by atoms with Gasteiger partial charge >= 0.3 is 0 Å². The van der Waals surface area contributed by atoms with Crippen LogP contribution in [-0.2, 0) is 14.8 Å². The predicted octanol–water partition coefficient (Wildman–Crippen LogP) is 5.46. The van der Waals surface area contributed by atoms with E-state index in [4.69, 9.17) is 16.1 Å². The summed E-state index contributed by atoms with van der Waals surface area (Å²) in [4.78, 5) is 13.0. The normalized spacial score (nSPS) is 17.1. The molecule has 0 saturated carbocycles. The first-order valence-corrected chi connectivity index (χ1v) is 13.2. The summed E-state index contributed by atoms with van der Waals surface area (Å²) < 4.78 is 33.9. The summed E-state index contributed by atoms with van der Waals surface area (Å²) in [7, 11) is -3.92. The molecular formula is C26H28ClN3O4S. The summed E-state index contributed by atoms with van der Waals surface area (Å²) in [6.07, 6.45) is 4.58. The highest BCUT2D eigenvalue weighted by Crippen LogP contribution is 2.30. The fourth-order valence-corrected chi connectivity index (χ4v) is 6.02. The van der Waals surface area contributed by atoms with Gasteiger partial charge < -0.3 is 9.84 Å². The van der Waals surface area contributed by atoms with Crippen LogP contribution in [0.4, 0.5) is 5.69 Å². The highest BCUT2D eigenvalue weighted by atomic mass is 35.5. The number of amides is 1. The van der Waals surface area contributed by atoms with Crippen LogP contribution in [0, 0.1) is 26.7 Å². The SMILES string of the molecule is Cc1ccc(C=Cc2onc(C)c2S(=O)(=O)N2CCCC(C(=O)Nc3ccc(C)c(Cl)c3)C2)cc1. The molecule has 184 valence electrons. The number of sulfonamides is 1. The monoisotopic (exact) mass is 513 g/mol. The lowest BCUT2D eigenvalue weighted by Crippen LogP contribution is -2.43. The summed E-state index contributed by atoms with van der Waals surface area (Å²) in [6.45, 7) is 5.90. The van der Waals surface area contributed by atoms with E-state index >= 15 is 0 Å². The van der Waals surface area contributed by atoms with Gasteiger partial charge in [0.1, 0.15) is 5.69 Å². The van der Waals surface area contributed by atoms with Gasteiger partial charge in [0.2, 0.25) is 15.9 Å². The molecule has 1 amide bonds. The van der Waals surface area contributed by atoms with Crippen molar-refractivity contribution in [3.63, 3.8) is 0 Å². The Kier molecular flexibility index (Phi) is 7.44. The average molecular weight is 514 g/mol. The quantitative estimate of drug-likeness (QED) is 0.472. The van der Waals surface area contributed by atoms with Gasteiger partial charge in [0.05, 0.1) is 5.92 Å². The van der Waals surface area contributed by atoms with Crippen molar-refractivity contribution in [3.8, 4) is 0 Å². The van der Waals surface area contributed by atoms with Crippen molar-refractivity contribution >= 4 is 45.4 Å². The molecule has 7 nitrogen and oxygen atoms in total. The number of benzene rings is 2. The van der Waals surface area contributed by atoms with Crippen molar-refractivity contribution in [2.75, 3.05) is 18.4 Å². The molecule has 0 radical (unpaired) electrons. The van der Waals surface area contributed by atoms with Gasteiger partial charge in [-0.3, -0.25) is 4.79 Å². The Morgan fingerprint density at radius 3 is 2.60 bits per heavy atom. The van der Waals surface area contributed by atoms with Gasteiger partial charge in [0.15, 0.2) is 10.7 Å². The lowest BCUT2D eigenvalue weighted by molar-refractivity contribution is -0.120. The van der Waals surface area contributed by atoms with E-state index in [-0.39, 0.29) is 28.8 Å². The molecule has 0 bridgehead atoms. The molecule has 1 aromatic heterocycles. The standard InChI is InChI=1S/C26H28ClN3O4S/c1-17-6-9-20(10-7-17)11-13-24-25(19(3)29-34-24)35(32,33)30-14-4-5-21(16-30)26(31)28-22-12-8-18(2)23(27)15-22/h6-13,15,21H,4-5,14,16H2,1-3H3,(H,28,31). The second kappa shape index (κ2) is 10.4. The Labute approximate surface area is 210 Å². The third-order valence-electron chi connectivity index (χ3n) is 6.13. The second-order valence-electron chi connectivity index (χ2n) is 8.86. The molecule has 1 atom stereocenters. The molecule has 1 saturated heterocycles. The number of rotatable bonds is 6. The van der Waals surface area contributed by atoms with Crippen LogP contribution in [0.3, 0.4) is 0 Å². The molecule has 1 aliphatic rings. The van der Waals surface area contributed by atoms with Crippen molar-refractivity contribution in [1.29, 1.82) is 0 Å². The Balaban J connectivity index is 1.52. The van der Waals surface area contributed by atoms with Crippen molar-refractivity contribution in [2.24, 2.45) is 5.92 Å². The molecular weight excluding hydrogens is 486 g/mol. The summed E-state index contributed by atoms with van der Waals surface area (Å²) in [5, 5.41) is 7.33. The molecule has 0 spiro atoms. The first-order valence-electron chi connectivity index (χ1n) is 11.4. The molecule has 0 aliphatic carbocycles. The zero-order valence-corrected chi connectivity index (χ0v) is 21.5. The van der Waals surface area contributed by atoms with Crippen molar-refractivity contribution in [1.82, 2.24) is 9.46 Å². The van der Waals surface area contributed by atoms with E-state index in [1.807, 2.05) is 44.2 Å². The molecule has 1 fully saturated rings. The zero-order valence-electron chi connectivity index (χ0n) is 19.9. The summed E-state index contributed by atoms with van der Waals surface area (Å²) in [5.41, 5.74) is 3.84. The van der Waals surface area contributed by atoms with E-state index in [1.54, 1.807) is 31.2 Å². The molecule has 4 rings (SSSR count). The van der Waals surface area contributed by atoms with E-state index in [2.05, 4.69) is 10.5 Å². The van der Waals surface area contributed by atoms with E-state index < -0.39 is 15.9 Å². The Morgan fingerprint density at radius 2 is 1.89 bits per heavy atom. The van der Waals surface area contributed by atoms with Crippen LogP contribution in [0.15, 0.2) is 51.9 Å². The number of nitrogens with zero attached hydrogens (tertiary/aromatic N) is 2. The van der Waals surface area contributed by atoms with Crippen LogP contribution in [-0.4, -0.2) is 36.9 Å². The zero-order chi connectivity index (χ0) is 25.2. The van der Waals surface area contributed by atoms with Crippen LogP contribution < -0.4 is 5.32 Å². The van der Waals surface area contributed by atoms with Crippen LogP contribution in [0.25, 0.3) is 12.2 Å². The molecule has 2 aromatic carbocycles. The number of aryl methyl sites for hydroxylation is 3. The average Bonchev–Trinajstić information content (AvgIpc) is 3.22. The predicted molar refractivity (Wildman–Crippen MR) is 138 cm³/mol. The highest BCUT2D eigenvalue weighted by molar-refractivity contribution is 7.89. The Morgan fingerprint density at radius 1 is 1.14 bits per heavy atom. The minimum atomic E-state index is -3.92. The second-order valence-corrected chi connectivity index (χ2v) is 11.1. The maximum Gasteiger partial charge on any atom is 0.248 e. The molecule has 9 heteroatoms. The fourth-order valence-electron chi connectivity index (χ4n) is 4.07. The maximum absolute atomic E-state index is 13.6. The van der Waals surface area contributed by atoms with Gasteiger partial charge in [-0.05, 0) is 62.9 Å². The van der Waals surface area contributed by atoms with Crippen molar-refractivity contribution in [3.05, 3.63) is 75.6 Å². The molecule has 1 N–H and O–H groups in total.